The van der Waals surface area contributed by atoms with Crippen molar-refractivity contribution in [2.75, 3.05) is 13.2 Å². The van der Waals surface area contributed by atoms with Crippen LogP contribution in [0.1, 0.15) is 39.0 Å². The maximum absolute atomic E-state index is 12.9. The van der Waals surface area contributed by atoms with Crippen LogP contribution in [0.25, 0.3) is 0 Å². The Balaban J connectivity index is 0.00000242. The van der Waals surface area contributed by atoms with Gasteiger partial charge in [0.25, 0.3) is 0 Å². The quantitative estimate of drug-likeness (QED) is 0.861. The molecule has 1 amide bonds. The summed E-state index contributed by atoms with van der Waals surface area (Å²) >= 11 is 1.67. The zero-order valence-electron chi connectivity index (χ0n) is 13.8. The van der Waals surface area contributed by atoms with E-state index in [1.54, 1.807) is 11.3 Å². The Hall–Kier alpha value is -0.620. The summed E-state index contributed by atoms with van der Waals surface area (Å²) in [6, 6.07) is 4.06. The molecule has 1 aromatic rings. The van der Waals surface area contributed by atoms with Crippen molar-refractivity contribution in [2.24, 2.45) is 11.1 Å². The summed E-state index contributed by atoms with van der Waals surface area (Å²) in [4.78, 5) is 16.0. The summed E-state index contributed by atoms with van der Waals surface area (Å²) in [6.07, 6.45) is 0.671. The molecular formula is C16H27ClN2O2S. The maximum atomic E-state index is 12.9. The zero-order valence-corrected chi connectivity index (χ0v) is 15.4. The fourth-order valence-electron chi connectivity index (χ4n) is 3.00. The first-order valence-corrected chi connectivity index (χ1v) is 8.47. The molecular weight excluding hydrogens is 320 g/mol. The van der Waals surface area contributed by atoms with Gasteiger partial charge in [0.2, 0.25) is 5.91 Å². The summed E-state index contributed by atoms with van der Waals surface area (Å²) in [6.45, 7) is 10.0. The van der Waals surface area contributed by atoms with E-state index in [-0.39, 0.29) is 29.8 Å². The molecule has 0 spiro atoms. The first-order chi connectivity index (χ1) is 9.86. The van der Waals surface area contributed by atoms with Crippen LogP contribution < -0.4 is 5.73 Å². The van der Waals surface area contributed by atoms with E-state index in [0.717, 1.165) is 0 Å². The van der Waals surface area contributed by atoms with E-state index in [4.69, 9.17) is 10.5 Å². The Morgan fingerprint density at radius 1 is 1.50 bits per heavy atom. The number of carbonyl (C=O) groups excluding carboxylic acids is 1. The van der Waals surface area contributed by atoms with E-state index in [1.165, 1.54) is 4.88 Å². The highest BCUT2D eigenvalue weighted by Crippen LogP contribution is 2.50. The molecule has 2 unspecified atom stereocenters. The normalized spacial score (nSPS) is 26.0. The summed E-state index contributed by atoms with van der Waals surface area (Å²) in [5, 5.41) is 2.03. The molecule has 1 fully saturated rings. The lowest BCUT2D eigenvalue weighted by Gasteiger charge is -2.58. The number of hydrogen-bond donors (Lipinski definition) is 1. The molecule has 1 aliphatic carbocycles. The van der Waals surface area contributed by atoms with E-state index in [2.05, 4.69) is 6.07 Å². The van der Waals surface area contributed by atoms with E-state index < -0.39 is 5.54 Å². The SMILES string of the molecule is CCOC1CC(N)(C(=O)N(CC)Cc2cccs2)C1(C)C.Cl. The average Bonchev–Trinajstić information content (AvgIpc) is 2.96. The monoisotopic (exact) mass is 346 g/mol. The van der Waals surface area contributed by atoms with Crippen LogP contribution in [0, 0.1) is 5.41 Å². The molecule has 22 heavy (non-hydrogen) atoms. The predicted molar refractivity (Wildman–Crippen MR) is 93.4 cm³/mol. The maximum Gasteiger partial charge on any atom is 0.243 e. The molecule has 0 saturated heterocycles. The molecule has 0 radical (unpaired) electrons. The summed E-state index contributed by atoms with van der Waals surface area (Å²) in [7, 11) is 0. The van der Waals surface area contributed by atoms with Crippen LogP contribution in [-0.2, 0) is 16.1 Å². The van der Waals surface area contributed by atoms with Gasteiger partial charge in [0.15, 0.2) is 0 Å². The minimum absolute atomic E-state index is 0. The summed E-state index contributed by atoms with van der Waals surface area (Å²) < 4.78 is 5.71. The first kappa shape index (κ1) is 19.4. The lowest BCUT2D eigenvalue weighted by molar-refractivity contribution is -0.179. The van der Waals surface area contributed by atoms with Crippen molar-refractivity contribution < 1.29 is 9.53 Å². The van der Waals surface area contributed by atoms with Crippen molar-refractivity contribution in [3.8, 4) is 0 Å². The van der Waals surface area contributed by atoms with Crippen LogP contribution in [0.15, 0.2) is 17.5 Å². The van der Waals surface area contributed by atoms with Gasteiger partial charge in [-0.2, -0.15) is 0 Å². The smallest absolute Gasteiger partial charge is 0.243 e. The van der Waals surface area contributed by atoms with Crippen LogP contribution in [0.2, 0.25) is 0 Å². The Labute approximate surface area is 143 Å². The van der Waals surface area contributed by atoms with E-state index in [0.29, 0.717) is 26.1 Å². The van der Waals surface area contributed by atoms with Gasteiger partial charge in [-0.05, 0) is 25.3 Å². The minimum Gasteiger partial charge on any atom is -0.378 e. The van der Waals surface area contributed by atoms with Gasteiger partial charge in [0.05, 0.1) is 12.6 Å². The van der Waals surface area contributed by atoms with E-state index in [1.807, 2.05) is 44.0 Å². The number of amides is 1. The van der Waals surface area contributed by atoms with Crippen LogP contribution in [0.3, 0.4) is 0 Å². The molecule has 1 heterocycles. The van der Waals surface area contributed by atoms with Gasteiger partial charge in [0, 0.05) is 29.9 Å². The van der Waals surface area contributed by atoms with Gasteiger partial charge >= 0.3 is 0 Å². The fraction of sp³-hybridized carbons (Fsp3) is 0.688. The summed E-state index contributed by atoms with van der Waals surface area (Å²) in [5.74, 6) is 0.0411. The van der Waals surface area contributed by atoms with Gasteiger partial charge in [-0.3, -0.25) is 4.79 Å². The molecule has 4 nitrogen and oxygen atoms in total. The van der Waals surface area contributed by atoms with E-state index >= 15 is 0 Å². The summed E-state index contributed by atoms with van der Waals surface area (Å²) in [5.41, 5.74) is 5.33. The molecule has 2 rings (SSSR count). The zero-order chi connectivity index (χ0) is 15.7. The first-order valence-electron chi connectivity index (χ1n) is 7.59. The Morgan fingerprint density at radius 3 is 2.64 bits per heavy atom. The van der Waals surface area contributed by atoms with Crippen molar-refractivity contribution in [2.45, 2.75) is 52.3 Å². The van der Waals surface area contributed by atoms with Crippen molar-refractivity contribution in [3.05, 3.63) is 22.4 Å². The third-order valence-corrected chi connectivity index (χ3v) is 5.67. The topological polar surface area (TPSA) is 55.6 Å². The van der Waals surface area contributed by atoms with Crippen LogP contribution in [0.5, 0.6) is 0 Å². The van der Waals surface area contributed by atoms with Crippen LogP contribution in [-0.4, -0.2) is 35.6 Å². The number of rotatable bonds is 6. The number of ether oxygens (including phenoxy) is 1. The molecule has 2 atom stereocenters. The lowest BCUT2D eigenvalue weighted by atomic mass is 9.54. The third-order valence-electron chi connectivity index (χ3n) is 4.81. The van der Waals surface area contributed by atoms with Gasteiger partial charge in [0.1, 0.15) is 5.54 Å². The highest BCUT2D eigenvalue weighted by Gasteiger charge is 2.63. The highest BCUT2D eigenvalue weighted by molar-refractivity contribution is 7.09. The average molecular weight is 347 g/mol. The van der Waals surface area contributed by atoms with Crippen LogP contribution >= 0.6 is 23.7 Å². The van der Waals surface area contributed by atoms with Crippen molar-refractivity contribution in [1.82, 2.24) is 4.90 Å². The standard InChI is InChI=1S/C16H26N2O2S.ClH/c1-5-18(11-12-8-7-9-21-12)14(19)16(17)10-13(20-6-2)15(16,3)4;/h7-9,13H,5-6,10-11,17H2,1-4H3;1H. The predicted octanol–water partition coefficient (Wildman–Crippen LogP) is 3.05. The number of likely N-dealkylation sites (N-methyl/N-ethyl adjacent to an activating group) is 1. The molecule has 6 heteroatoms. The molecule has 1 saturated carbocycles. The second-order valence-electron chi connectivity index (χ2n) is 6.24. The number of hydrogen-bond acceptors (Lipinski definition) is 4. The molecule has 1 aliphatic rings. The number of nitrogens with zero attached hydrogens (tertiary/aromatic N) is 1. The fourth-order valence-corrected chi connectivity index (χ4v) is 3.72. The number of nitrogens with two attached hydrogens (primary N) is 1. The van der Waals surface area contributed by atoms with E-state index in [9.17, 15) is 4.79 Å². The Morgan fingerprint density at radius 2 is 2.18 bits per heavy atom. The molecule has 0 aliphatic heterocycles. The van der Waals surface area contributed by atoms with Crippen molar-refractivity contribution >= 4 is 29.7 Å². The molecule has 1 aromatic heterocycles. The van der Waals surface area contributed by atoms with Gasteiger partial charge in [-0.25, -0.2) is 0 Å². The Bertz CT molecular complexity index is 492. The largest absolute Gasteiger partial charge is 0.378 e. The number of carbonyl (C=O) groups is 1. The van der Waals surface area contributed by atoms with Crippen LogP contribution in [0.4, 0.5) is 0 Å². The Kier molecular flexibility index (Phi) is 6.45. The molecule has 0 aromatic carbocycles. The highest BCUT2D eigenvalue weighted by atomic mass is 35.5. The minimum atomic E-state index is -0.819. The second-order valence-corrected chi connectivity index (χ2v) is 7.27. The van der Waals surface area contributed by atoms with Gasteiger partial charge in [-0.1, -0.05) is 19.9 Å². The third kappa shape index (κ3) is 3.18. The second kappa shape index (κ2) is 7.30. The van der Waals surface area contributed by atoms with Gasteiger partial charge < -0.3 is 15.4 Å². The van der Waals surface area contributed by atoms with Crippen molar-refractivity contribution in [3.63, 3.8) is 0 Å². The lowest BCUT2D eigenvalue weighted by Crippen LogP contribution is -2.76. The van der Waals surface area contributed by atoms with Gasteiger partial charge in [-0.15, -0.1) is 23.7 Å². The molecule has 2 N–H and O–H groups in total. The molecule has 0 bridgehead atoms. The van der Waals surface area contributed by atoms with Crippen molar-refractivity contribution in [1.29, 1.82) is 0 Å². The number of halogens is 1. The molecule has 126 valence electrons. The number of thiophene rings is 1.